The van der Waals surface area contributed by atoms with E-state index >= 15 is 0 Å². The summed E-state index contributed by atoms with van der Waals surface area (Å²) in [5.41, 5.74) is 4.53. The van der Waals surface area contributed by atoms with Crippen LogP contribution in [0, 0.1) is 19.7 Å². The number of hydrogen-bond donors (Lipinski definition) is 1. The van der Waals surface area contributed by atoms with Crippen LogP contribution in [-0.4, -0.2) is 33.4 Å². The van der Waals surface area contributed by atoms with Crippen LogP contribution in [0.4, 0.5) is 10.1 Å². The number of hydrogen-bond acceptors (Lipinski definition) is 4. The fourth-order valence-electron chi connectivity index (χ4n) is 4.03. The van der Waals surface area contributed by atoms with Gasteiger partial charge in [0.1, 0.15) is 18.2 Å². The van der Waals surface area contributed by atoms with Crippen LogP contribution < -0.4 is 10.9 Å². The molecule has 6 nitrogen and oxygen atoms in total. The van der Waals surface area contributed by atoms with E-state index in [1.54, 1.807) is 12.1 Å². The van der Waals surface area contributed by atoms with Gasteiger partial charge in [-0.05, 0) is 61.9 Å². The number of aromatic nitrogens is 2. The van der Waals surface area contributed by atoms with Crippen molar-refractivity contribution in [1.29, 1.82) is 0 Å². The summed E-state index contributed by atoms with van der Waals surface area (Å²) in [7, 11) is 0. The Morgan fingerprint density at radius 3 is 2.62 bits per heavy atom. The minimum atomic E-state index is -0.369. The molecule has 1 aliphatic rings. The molecule has 166 valence electrons. The fraction of sp³-hybridized carbons (Fsp3) is 0.320. The third-order valence-corrected chi connectivity index (χ3v) is 6.12. The Hall–Kier alpha value is -3.32. The monoisotopic (exact) mass is 434 g/mol. The van der Waals surface area contributed by atoms with E-state index in [2.05, 4.69) is 17.1 Å². The van der Waals surface area contributed by atoms with Crippen LogP contribution in [0.15, 0.2) is 47.3 Å². The smallest absolute Gasteiger partial charge is 0.259 e. The minimum absolute atomic E-state index is 0.175. The number of anilines is 1. The maximum Gasteiger partial charge on any atom is 0.259 e. The van der Waals surface area contributed by atoms with Crippen LogP contribution in [0.5, 0.6) is 0 Å². The third-order valence-electron chi connectivity index (χ3n) is 6.12. The van der Waals surface area contributed by atoms with Gasteiger partial charge in [0.15, 0.2) is 0 Å². The Morgan fingerprint density at radius 1 is 1.16 bits per heavy atom. The molecule has 0 radical (unpaired) electrons. The highest BCUT2D eigenvalue weighted by Crippen LogP contribution is 2.22. The number of rotatable bonds is 5. The molecule has 0 fully saturated rings. The van der Waals surface area contributed by atoms with Gasteiger partial charge < -0.3 is 5.32 Å². The molecule has 0 saturated heterocycles. The van der Waals surface area contributed by atoms with Gasteiger partial charge in [-0.2, -0.15) is 0 Å². The second-order valence-corrected chi connectivity index (χ2v) is 8.17. The first-order chi connectivity index (χ1) is 15.4. The molecular weight excluding hydrogens is 407 g/mol. The van der Waals surface area contributed by atoms with Crippen LogP contribution in [0.25, 0.3) is 11.4 Å². The van der Waals surface area contributed by atoms with Gasteiger partial charge in [0.05, 0.1) is 11.3 Å². The van der Waals surface area contributed by atoms with Gasteiger partial charge in [-0.1, -0.05) is 19.1 Å². The summed E-state index contributed by atoms with van der Waals surface area (Å²) in [6, 6.07) is 11.5. The predicted octanol–water partition coefficient (Wildman–Crippen LogP) is 3.68. The molecule has 7 heteroatoms. The Labute approximate surface area is 186 Å². The number of carbonyl (C=O) groups is 1. The van der Waals surface area contributed by atoms with Crippen LogP contribution >= 0.6 is 0 Å². The van der Waals surface area contributed by atoms with Gasteiger partial charge in [-0.25, -0.2) is 9.37 Å². The van der Waals surface area contributed by atoms with Crippen LogP contribution in [0.1, 0.15) is 29.3 Å². The van der Waals surface area contributed by atoms with E-state index in [-0.39, 0.29) is 23.8 Å². The summed E-state index contributed by atoms with van der Waals surface area (Å²) < 4.78 is 14.9. The lowest BCUT2D eigenvalue weighted by molar-refractivity contribution is -0.116. The molecule has 0 atom stereocenters. The SMILES string of the molecule is CCN1CCc2nc(-c3ccc(F)cc3)n(CC(=O)Nc3cccc(C)c3C)c(=O)c2C1. The molecule has 0 unspecified atom stereocenters. The quantitative estimate of drug-likeness (QED) is 0.665. The molecular formula is C25H27FN4O2. The number of aryl methyl sites for hydroxylation is 1. The third kappa shape index (κ3) is 4.34. The van der Waals surface area contributed by atoms with Crippen LogP contribution in [0.3, 0.4) is 0 Å². The molecule has 0 aliphatic carbocycles. The molecule has 2 heterocycles. The second-order valence-electron chi connectivity index (χ2n) is 8.17. The topological polar surface area (TPSA) is 67.2 Å². The van der Waals surface area contributed by atoms with Gasteiger partial charge in [0.2, 0.25) is 5.91 Å². The average molecular weight is 435 g/mol. The van der Waals surface area contributed by atoms with E-state index in [4.69, 9.17) is 4.98 Å². The van der Waals surface area contributed by atoms with Crippen molar-refractivity contribution < 1.29 is 9.18 Å². The number of likely N-dealkylation sites (N-methyl/N-ethyl adjacent to an activating group) is 1. The van der Waals surface area contributed by atoms with Crippen molar-refractivity contribution >= 4 is 11.6 Å². The molecule has 4 rings (SSSR count). The van der Waals surface area contributed by atoms with Crippen molar-refractivity contribution in [1.82, 2.24) is 14.5 Å². The molecule has 1 aromatic heterocycles. The molecule has 1 N–H and O–H groups in total. The maximum absolute atomic E-state index is 13.5. The number of fused-ring (bicyclic) bond motifs is 1. The molecule has 32 heavy (non-hydrogen) atoms. The van der Waals surface area contributed by atoms with E-state index in [1.165, 1.54) is 16.7 Å². The van der Waals surface area contributed by atoms with E-state index < -0.39 is 0 Å². The molecule has 0 saturated carbocycles. The van der Waals surface area contributed by atoms with Crippen LogP contribution in [-0.2, 0) is 24.3 Å². The molecule has 1 aliphatic heterocycles. The maximum atomic E-state index is 13.5. The van der Waals surface area contributed by atoms with Crippen molar-refractivity contribution in [3.8, 4) is 11.4 Å². The highest BCUT2D eigenvalue weighted by molar-refractivity contribution is 5.91. The Bertz CT molecular complexity index is 1220. The molecule has 2 aromatic carbocycles. The Kier molecular flexibility index (Phi) is 6.19. The summed E-state index contributed by atoms with van der Waals surface area (Å²) in [6.45, 7) is 7.99. The average Bonchev–Trinajstić information content (AvgIpc) is 2.79. The second kappa shape index (κ2) is 9.04. The summed E-state index contributed by atoms with van der Waals surface area (Å²) in [5.74, 6) is -0.296. The zero-order valence-electron chi connectivity index (χ0n) is 18.6. The summed E-state index contributed by atoms with van der Waals surface area (Å²) >= 11 is 0. The first-order valence-corrected chi connectivity index (χ1v) is 10.8. The van der Waals surface area contributed by atoms with Crippen molar-refractivity contribution in [2.24, 2.45) is 0 Å². The Morgan fingerprint density at radius 2 is 1.91 bits per heavy atom. The minimum Gasteiger partial charge on any atom is -0.324 e. The summed E-state index contributed by atoms with van der Waals surface area (Å²) in [6.07, 6.45) is 0.669. The first kappa shape index (κ1) is 21.9. The first-order valence-electron chi connectivity index (χ1n) is 10.8. The predicted molar refractivity (Wildman–Crippen MR) is 123 cm³/mol. The van der Waals surface area contributed by atoms with Gasteiger partial charge in [0.25, 0.3) is 5.56 Å². The van der Waals surface area contributed by atoms with E-state index in [1.807, 2.05) is 32.0 Å². The van der Waals surface area contributed by atoms with E-state index in [0.717, 1.165) is 35.6 Å². The zero-order chi connectivity index (χ0) is 22.8. The normalized spacial score (nSPS) is 13.6. The number of halogens is 1. The van der Waals surface area contributed by atoms with Crippen molar-refractivity contribution in [3.63, 3.8) is 0 Å². The van der Waals surface area contributed by atoms with E-state index in [9.17, 15) is 14.0 Å². The zero-order valence-corrected chi connectivity index (χ0v) is 18.6. The van der Waals surface area contributed by atoms with Crippen molar-refractivity contribution in [2.75, 3.05) is 18.4 Å². The lowest BCUT2D eigenvalue weighted by Crippen LogP contribution is -2.39. The lowest BCUT2D eigenvalue weighted by atomic mass is 10.1. The summed E-state index contributed by atoms with van der Waals surface area (Å²) in [5, 5.41) is 2.92. The molecule has 0 spiro atoms. The standard InChI is InChI=1S/C25H27FN4O2/c1-4-29-13-12-22-20(14-29)25(32)30(24(28-22)18-8-10-19(26)11-9-18)15-23(31)27-21-7-5-6-16(2)17(21)3/h5-11H,4,12-15H2,1-3H3,(H,27,31). The number of nitrogens with zero attached hydrogens (tertiary/aromatic N) is 3. The number of benzene rings is 2. The van der Waals surface area contributed by atoms with Gasteiger partial charge in [0, 0.05) is 30.8 Å². The van der Waals surface area contributed by atoms with Crippen LogP contribution in [0.2, 0.25) is 0 Å². The highest BCUT2D eigenvalue weighted by atomic mass is 19.1. The lowest BCUT2D eigenvalue weighted by Gasteiger charge is -2.27. The molecule has 0 bridgehead atoms. The fourth-order valence-corrected chi connectivity index (χ4v) is 4.03. The number of amides is 1. The van der Waals surface area contributed by atoms with Gasteiger partial charge in [-0.15, -0.1) is 0 Å². The Balaban J connectivity index is 1.75. The van der Waals surface area contributed by atoms with Crippen molar-refractivity contribution in [2.45, 2.75) is 40.3 Å². The summed E-state index contributed by atoms with van der Waals surface area (Å²) in [4.78, 5) is 33.4. The van der Waals surface area contributed by atoms with Gasteiger partial charge >= 0.3 is 0 Å². The van der Waals surface area contributed by atoms with Gasteiger partial charge in [-0.3, -0.25) is 19.1 Å². The van der Waals surface area contributed by atoms with E-state index in [0.29, 0.717) is 29.9 Å². The molecule has 1 amide bonds. The number of nitrogens with one attached hydrogen (secondary N) is 1. The molecule has 3 aromatic rings. The highest BCUT2D eigenvalue weighted by Gasteiger charge is 2.24. The largest absolute Gasteiger partial charge is 0.324 e. The van der Waals surface area contributed by atoms with Crippen molar-refractivity contribution in [3.05, 3.63) is 81.0 Å². The number of carbonyl (C=O) groups excluding carboxylic acids is 1.